The van der Waals surface area contributed by atoms with Crippen LogP contribution in [0, 0.1) is 0 Å². The van der Waals surface area contributed by atoms with Crippen molar-refractivity contribution in [3.8, 4) is 5.75 Å². The summed E-state index contributed by atoms with van der Waals surface area (Å²) < 4.78 is 5.53. The monoisotopic (exact) mass is 276 g/mol. The molecule has 0 radical (unpaired) electrons. The Labute approximate surface area is 120 Å². The van der Waals surface area contributed by atoms with E-state index in [0.29, 0.717) is 6.04 Å². The topological polar surface area (TPSA) is 55.6 Å². The van der Waals surface area contributed by atoms with Crippen LogP contribution in [0.25, 0.3) is 0 Å². The molecule has 1 amide bonds. The van der Waals surface area contributed by atoms with Crippen molar-refractivity contribution in [1.29, 1.82) is 0 Å². The summed E-state index contributed by atoms with van der Waals surface area (Å²) in [6.07, 6.45) is 4.09. The Morgan fingerprint density at radius 3 is 2.60 bits per heavy atom. The summed E-state index contributed by atoms with van der Waals surface area (Å²) in [5.74, 6) is 0.779. The molecule has 0 bridgehead atoms. The molecule has 110 valence electrons. The number of rotatable bonds is 7. The highest BCUT2D eigenvalue weighted by molar-refractivity contribution is 5.78. The van der Waals surface area contributed by atoms with Crippen LogP contribution in [0.1, 0.15) is 31.7 Å². The predicted octanol–water partition coefficient (Wildman–Crippen LogP) is 1.97. The largest absolute Gasteiger partial charge is 0.484 e. The lowest BCUT2D eigenvalue weighted by molar-refractivity contribution is -0.132. The Bertz CT molecular complexity index is 440. The number of likely N-dealkylation sites (N-methyl/N-ethyl adjacent to an activating group) is 1. The van der Waals surface area contributed by atoms with Crippen molar-refractivity contribution in [3.05, 3.63) is 29.8 Å². The van der Waals surface area contributed by atoms with E-state index in [1.807, 2.05) is 31.3 Å². The van der Waals surface area contributed by atoms with Crippen molar-refractivity contribution in [2.75, 3.05) is 13.7 Å². The van der Waals surface area contributed by atoms with E-state index in [9.17, 15) is 4.79 Å². The van der Waals surface area contributed by atoms with Gasteiger partial charge >= 0.3 is 0 Å². The van der Waals surface area contributed by atoms with Crippen LogP contribution in [0.3, 0.4) is 0 Å². The molecule has 2 N–H and O–H groups in total. The number of ether oxygens (including phenoxy) is 1. The van der Waals surface area contributed by atoms with E-state index in [-0.39, 0.29) is 18.6 Å². The van der Waals surface area contributed by atoms with Gasteiger partial charge in [0.2, 0.25) is 0 Å². The van der Waals surface area contributed by atoms with Crippen LogP contribution in [0.15, 0.2) is 24.3 Å². The van der Waals surface area contributed by atoms with Gasteiger partial charge in [-0.2, -0.15) is 0 Å². The number of carbonyl (C=O) groups excluding carboxylic acids is 1. The molecule has 0 heterocycles. The van der Waals surface area contributed by atoms with E-state index in [0.717, 1.165) is 31.4 Å². The van der Waals surface area contributed by atoms with Crippen molar-refractivity contribution in [2.45, 2.75) is 44.7 Å². The van der Waals surface area contributed by atoms with E-state index < -0.39 is 0 Å². The van der Waals surface area contributed by atoms with Crippen LogP contribution < -0.4 is 10.5 Å². The normalized spacial score (nSPS) is 15.8. The van der Waals surface area contributed by atoms with Gasteiger partial charge in [0, 0.05) is 19.1 Å². The van der Waals surface area contributed by atoms with Gasteiger partial charge in [0.1, 0.15) is 5.75 Å². The second kappa shape index (κ2) is 6.75. The number of benzene rings is 1. The van der Waals surface area contributed by atoms with Gasteiger partial charge in [-0.25, -0.2) is 0 Å². The predicted molar refractivity (Wildman–Crippen MR) is 79.7 cm³/mol. The number of nitrogens with two attached hydrogens (primary N) is 1. The van der Waals surface area contributed by atoms with Crippen molar-refractivity contribution < 1.29 is 9.53 Å². The van der Waals surface area contributed by atoms with E-state index >= 15 is 0 Å². The van der Waals surface area contributed by atoms with Crippen LogP contribution in [-0.4, -0.2) is 36.5 Å². The summed E-state index contributed by atoms with van der Waals surface area (Å²) in [4.78, 5) is 13.6. The van der Waals surface area contributed by atoms with Gasteiger partial charge in [0.05, 0.1) is 0 Å². The van der Waals surface area contributed by atoms with E-state index in [2.05, 4.69) is 6.92 Å². The summed E-state index contributed by atoms with van der Waals surface area (Å²) >= 11 is 0. The highest BCUT2D eigenvalue weighted by Gasteiger charge is 2.29. The van der Waals surface area contributed by atoms with Crippen molar-refractivity contribution in [2.24, 2.45) is 5.73 Å². The summed E-state index contributed by atoms with van der Waals surface area (Å²) in [7, 11) is 1.85. The zero-order chi connectivity index (χ0) is 14.5. The molecule has 20 heavy (non-hydrogen) atoms. The minimum Gasteiger partial charge on any atom is -0.484 e. The minimum atomic E-state index is 0.0459. The van der Waals surface area contributed by atoms with Crippen molar-refractivity contribution >= 4 is 5.91 Å². The van der Waals surface area contributed by atoms with Crippen LogP contribution in [0.4, 0.5) is 0 Å². The average Bonchev–Trinajstić information content (AvgIpc) is 3.29. The number of hydrogen-bond acceptors (Lipinski definition) is 3. The molecule has 2 rings (SSSR count). The summed E-state index contributed by atoms with van der Waals surface area (Å²) in [5.41, 5.74) is 7.13. The van der Waals surface area contributed by atoms with Gasteiger partial charge < -0.3 is 15.4 Å². The molecule has 0 aromatic heterocycles. The lowest BCUT2D eigenvalue weighted by Gasteiger charge is -2.16. The molecular formula is C16H24N2O2. The molecule has 1 aromatic carbocycles. The van der Waals surface area contributed by atoms with Gasteiger partial charge in [-0.05, 0) is 43.4 Å². The summed E-state index contributed by atoms with van der Waals surface area (Å²) in [6, 6.07) is 8.48. The second-order valence-electron chi connectivity index (χ2n) is 5.54. The highest BCUT2D eigenvalue weighted by atomic mass is 16.5. The first-order chi connectivity index (χ1) is 9.60. The third-order valence-corrected chi connectivity index (χ3v) is 3.80. The number of amides is 1. The van der Waals surface area contributed by atoms with Gasteiger partial charge in [0.25, 0.3) is 5.91 Å². The molecule has 1 aliphatic rings. The zero-order valence-corrected chi connectivity index (χ0v) is 12.3. The van der Waals surface area contributed by atoms with Gasteiger partial charge in [-0.15, -0.1) is 0 Å². The molecule has 1 atom stereocenters. The average molecular weight is 276 g/mol. The fourth-order valence-electron chi connectivity index (χ4n) is 2.08. The third kappa shape index (κ3) is 4.23. The second-order valence-corrected chi connectivity index (χ2v) is 5.54. The Morgan fingerprint density at radius 1 is 1.40 bits per heavy atom. The lowest BCUT2D eigenvalue weighted by atomic mass is 10.0. The molecule has 4 heteroatoms. The standard InChI is InChI=1S/C16H24N2O2/c1-3-13(17)10-12-4-8-15(9-5-12)20-11-16(19)18(2)14-6-7-14/h4-5,8-9,13-14H,3,6-7,10-11,17H2,1-2H3. The smallest absolute Gasteiger partial charge is 0.260 e. The lowest BCUT2D eigenvalue weighted by Crippen LogP contribution is -2.33. The van der Waals surface area contributed by atoms with E-state index in [1.165, 1.54) is 5.56 Å². The Balaban J connectivity index is 1.79. The van der Waals surface area contributed by atoms with Crippen LogP contribution >= 0.6 is 0 Å². The maximum Gasteiger partial charge on any atom is 0.260 e. The number of hydrogen-bond donors (Lipinski definition) is 1. The molecule has 0 spiro atoms. The molecule has 1 aliphatic carbocycles. The maximum absolute atomic E-state index is 11.8. The first-order valence-electron chi connectivity index (χ1n) is 7.33. The molecule has 4 nitrogen and oxygen atoms in total. The first-order valence-corrected chi connectivity index (χ1v) is 7.33. The molecular weight excluding hydrogens is 252 g/mol. The molecule has 1 aromatic rings. The molecule has 1 fully saturated rings. The Morgan fingerprint density at radius 2 is 2.05 bits per heavy atom. The Kier molecular flexibility index (Phi) is 5.01. The first kappa shape index (κ1) is 14.9. The minimum absolute atomic E-state index is 0.0459. The maximum atomic E-state index is 11.8. The molecule has 1 saturated carbocycles. The SMILES string of the molecule is CCC(N)Cc1ccc(OCC(=O)N(C)C2CC2)cc1. The fourth-order valence-corrected chi connectivity index (χ4v) is 2.08. The van der Waals surface area contributed by atoms with Crippen LogP contribution in [0.5, 0.6) is 5.75 Å². The molecule has 1 unspecified atom stereocenters. The van der Waals surface area contributed by atoms with Gasteiger partial charge in [-0.3, -0.25) is 4.79 Å². The van der Waals surface area contributed by atoms with E-state index in [4.69, 9.17) is 10.5 Å². The van der Waals surface area contributed by atoms with E-state index in [1.54, 1.807) is 4.90 Å². The quantitative estimate of drug-likeness (QED) is 0.828. The van der Waals surface area contributed by atoms with Crippen molar-refractivity contribution in [1.82, 2.24) is 4.90 Å². The summed E-state index contributed by atoms with van der Waals surface area (Å²) in [5, 5.41) is 0. The summed E-state index contributed by atoms with van der Waals surface area (Å²) in [6.45, 7) is 2.20. The van der Waals surface area contributed by atoms with Gasteiger partial charge in [0.15, 0.2) is 6.61 Å². The highest BCUT2D eigenvalue weighted by Crippen LogP contribution is 2.25. The fraction of sp³-hybridized carbons (Fsp3) is 0.562. The van der Waals surface area contributed by atoms with Gasteiger partial charge in [-0.1, -0.05) is 19.1 Å². The third-order valence-electron chi connectivity index (χ3n) is 3.80. The van der Waals surface area contributed by atoms with Crippen LogP contribution in [0.2, 0.25) is 0 Å². The van der Waals surface area contributed by atoms with Crippen molar-refractivity contribution in [3.63, 3.8) is 0 Å². The van der Waals surface area contributed by atoms with Crippen LogP contribution in [-0.2, 0) is 11.2 Å². The molecule has 0 aliphatic heterocycles. The zero-order valence-electron chi connectivity index (χ0n) is 12.3. The Hall–Kier alpha value is -1.55. The number of nitrogens with zero attached hydrogens (tertiary/aromatic N) is 1. The number of carbonyl (C=O) groups is 1. The molecule has 0 saturated heterocycles.